The van der Waals surface area contributed by atoms with Crippen LogP contribution in [0.1, 0.15) is 0 Å². The van der Waals surface area contributed by atoms with Crippen molar-refractivity contribution in [2.45, 2.75) is 0 Å². The first-order valence-electron chi connectivity index (χ1n) is 5.63. The van der Waals surface area contributed by atoms with E-state index in [4.69, 9.17) is 23.2 Å². The fourth-order valence-electron chi connectivity index (χ4n) is 1.85. The number of halogens is 4. The second kappa shape index (κ2) is 5.60. The SMILES string of the molecule is Clc1ccc(Br)cc1-c1nc(Cl)c2cc(Br)ccc2n1. The zero-order valence-corrected chi connectivity index (χ0v) is 14.6. The van der Waals surface area contributed by atoms with Gasteiger partial charge >= 0.3 is 0 Å². The highest BCUT2D eigenvalue weighted by atomic mass is 79.9. The molecule has 1 heterocycles. The highest BCUT2D eigenvalue weighted by Crippen LogP contribution is 2.32. The zero-order valence-electron chi connectivity index (χ0n) is 9.87. The van der Waals surface area contributed by atoms with Gasteiger partial charge in [-0.2, -0.15) is 0 Å². The second-order valence-corrected chi connectivity index (χ2v) is 6.72. The summed E-state index contributed by atoms with van der Waals surface area (Å²) in [6.07, 6.45) is 0. The van der Waals surface area contributed by atoms with Crippen molar-refractivity contribution < 1.29 is 0 Å². The minimum absolute atomic E-state index is 0.405. The molecule has 0 spiro atoms. The van der Waals surface area contributed by atoms with Crippen molar-refractivity contribution >= 4 is 66.0 Å². The zero-order chi connectivity index (χ0) is 14.3. The van der Waals surface area contributed by atoms with Crippen LogP contribution in [0.25, 0.3) is 22.3 Å². The fraction of sp³-hybridized carbons (Fsp3) is 0. The Balaban J connectivity index is 2.27. The summed E-state index contributed by atoms with van der Waals surface area (Å²) >= 11 is 19.3. The van der Waals surface area contributed by atoms with Crippen LogP contribution in [0.4, 0.5) is 0 Å². The lowest BCUT2D eigenvalue weighted by molar-refractivity contribution is 1.22. The van der Waals surface area contributed by atoms with E-state index >= 15 is 0 Å². The molecule has 0 aliphatic heterocycles. The van der Waals surface area contributed by atoms with E-state index in [0.717, 1.165) is 25.4 Å². The van der Waals surface area contributed by atoms with E-state index in [-0.39, 0.29) is 0 Å². The van der Waals surface area contributed by atoms with Crippen LogP contribution in [0.3, 0.4) is 0 Å². The summed E-state index contributed by atoms with van der Waals surface area (Å²) in [5.74, 6) is 0.510. The molecule has 0 aliphatic rings. The van der Waals surface area contributed by atoms with Gasteiger partial charge in [-0.15, -0.1) is 0 Å². The Morgan fingerprint density at radius 2 is 1.55 bits per heavy atom. The largest absolute Gasteiger partial charge is 0.228 e. The number of fused-ring (bicyclic) bond motifs is 1. The lowest BCUT2D eigenvalue weighted by Crippen LogP contribution is -1.93. The molecular formula is C14H6Br2Cl2N2. The van der Waals surface area contributed by atoms with Gasteiger partial charge in [-0.25, -0.2) is 9.97 Å². The van der Waals surface area contributed by atoms with Gasteiger partial charge in [0.15, 0.2) is 5.82 Å². The second-order valence-electron chi connectivity index (χ2n) is 4.12. The van der Waals surface area contributed by atoms with Crippen molar-refractivity contribution in [2.75, 3.05) is 0 Å². The van der Waals surface area contributed by atoms with Gasteiger partial charge in [0.05, 0.1) is 10.5 Å². The first kappa shape index (κ1) is 14.3. The lowest BCUT2D eigenvalue weighted by Gasteiger charge is -2.07. The molecule has 20 heavy (non-hydrogen) atoms. The van der Waals surface area contributed by atoms with Crippen LogP contribution in [0.5, 0.6) is 0 Å². The van der Waals surface area contributed by atoms with Crippen LogP contribution in [0.15, 0.2) is 45.3 Å². The third kappa shape index (κ3) is 2.70. The Hall–Kier alpha value is -0.680. The van der Waals surface area contributed by atoms with Crippen LogP contribution in [-0.2, 0) is 0 Å². The maximum absolute atomic E-state index is 6.25. The summed E-state index contributed by atoms with van der Waals surface area (Å²) in [4.78, 5) is 8.87. The molecule has 2 nitrogen and oxygen atoms in total. The highest BCUT2D eigenvalue weighted by Gasteiger charge is 2.11. The molecule has 0 N–H and O–H groups in total. The van der Waals surface area contributed by atoms with Gasteiger partial charge in [0.25, 0.3) is 0 Å². The fourth-order valence-corrected chi connectivity index (χ4v) is 3.01. The molecule has 3 rings (SSSR count). The van der Waals surface area contributed by atoms with Crippen molar-refractivity contribution in [3.63, 3.8) is 0 Å². The Morgan fingerprint density at radius 1 is 0.850 bits per heavy atom. The van der Waals surface area contributed by atoms with E-state index < -0.39 is 0 Å². The van der Waals surface area contributed by atoms with E-state index in [1.54, 1.807) is 6.07 Å². The standard InChI is InChI=1S/C14H6Br2Cl2N2/c15-7-1-3-11(17)9(5-7)14-19-12-4-2-8(16)6-10(12)13(18)20-14/h1-6H. The van der Waals surface area contributed by atoms with Crippen molar-refractivity contribution in [2.24, 2.45) is 0 Å². The van der Waals surface area contributed by atoms with E-state index in [2.05, 4.69) is 41.8 Å². The van der Waals surface area contributed by atoms with Gasteiger partial charge in [-0.1, -0.05) is 55.1 Å². The highest BCUT2D eigenvalue weighted by molar-refractivity contribution is 9.10. The number of hydrogen-bond donors (Lipinski definition) is 0. The molecule has 100 valence electrons. The summed E-state index contributed by atoms with van der Waals surface area (Å²) in [6, 6.07) is 11.2. The lowest BCUT2D eigenvalue weighted by atomic mass is 10.2. The number of aromatic nitrogens is 2. The molecule has 0 saturated carbocycles. The molecule has 0 atom stereocenters. The summed E-state index contributed by atoms with van der Waals surface area (Å²) < 4.78 is 1.84. The molecule has 0 aliphatic carbocycles. The van der Waals surface area contributed by atoms with Crippen LogP contribution in [0.2, 0.25) is 10.2 Å². The smallest absolute Gasteiger partial charge is 0.163 e. The van der Waals surface area contributed by atoms with Gasteiger partial charge in [-0.3, -0.25) is 0 Å². The van der Waals surface area contributed by atoms with Gasteiger partial charge in [0, 0.05) is 19.9 Å². The average molecular weight is 433 g/mol. The normalized spacial score (nSPS) is 11.0. The molecule has 0 amide bonds. The summed E-state index contributed by atoms with van der Waals surface area (Å²) in [7, 11) is 0. The first-order chi connectivity index (χ1) is 9.54. The maximum atomic E-state index is 6.25. The number of benzene rings is 2. The minimum Gasteiger partial charge on any atom is -0.228 e. The predicted molar refractivity (Wildman–Crippen MR) is 90.4 cm³/mol. The van der Waals surface area contributed by atoms with Crippen LogP contribution < -0.4 is 0 Å². The molecule has 0 bridgehead atoms. The van der Waals surface area contributed by atoms with Gasteiger partial charge in [-0.05, 0) is 36.4 Å². The molecular weight excluding hydrogens is 427 g/mol. The summed E-state index contributed by atoms with van der Waals surface area (Å²) in [5.41, 5.74) is 1.52. The van der Waals surface area contributed by atoms with Crippen molar-refractivity contribution in [1.29, 1.82) is 0 Å². The molecule has 1 aromatic heterocycles. The van der Waals surface area contributed by atoms with E-state index in [0.29, 0.717) is 16.0 Å². The Morgan fingerprint density at radius 3 is 2.35 bits per heavy atom. The Bertz CT molecular complexity index is 822. The molecule has 0 radical (unpaired) electrons. The van der Waals surface area contributed by atoms with Crippen LogP contribution in [-0.4, -0.2) is 9.97 Å². The predicted octanol–water partition coefficient (Wildman–Crippen LogP) is 6.13. The number of rotatable bonds is 1. The Kier molecular flexibility index (Phi) is 4.00. The van der Waals surface area contributed by atoms with Crippen molar-refractivity contribution in [3.8, 4) is 11.4 Å². The topological polar surface area (TPSA) is 25.8 Å². The number of hydrogen-bond acceptors (Lipinski definition) is 2. The molecule has 2 aromatic carbocycles. The quantitative estimate of drug-likeness (QED) is 0.432. The summed E-state index contributed by atoms with van der Waals surface area (Å²) in [5, 5.41) is 1.79. The van der Waals surface area contributed by atoms with Gasteiger partial charge in [0.1, 0.15) is 5.15 Å². The van der Waals surface area contributed by atoms with E-state index in [1.165, 1.54) is 0 Å². The monoisotopic (exact) mass is 430 g/mol. The van der Waals surface area contributed by atoms with Gasteiger partial charge in [0.2, 0.25) is 0 Å². The van der Waals surface area contributed by atoms with Gasteiger partial charge < -0.3 is 0 Å². The molecule has 6 heteroatoms. The molecule has 0 unspecified atom stereocenters. The van der Waals surface area contributed by atoms with E-state index in [9.17, 15) is 0 Å². The maximum Gasteiger partial charge on any atom is 0.163 e. The molecule has 3 aromatic rings. The summed E-state index contributed by atoms with van der Waals surface area (Å²) in [6.45, 7) is 0. The van der Waals surface area contributed by atoms with Crippen LogP contribution >= 0.6 is 55.1 Å². The third-order valence-electron chi connectivity index (χ3n) is 2.78. The Labute approximate surface area is 142 Å². The molecule has 0 fully saturated rings. The van der Waals surface area contributed by atoms with Crippen molar-refractivity contribution in [1.82, 2.24) is 9.97 Å². The first-order valence-corrected chi connectivity index (χ1v) is 7.97. The average Bonchev–Trinajstić information content (AvgIpc) is 2.42. The van der Waals surface area contributed by atoms with E-state index in [1.807, 2.05) is 30.3 Å². The van der Waals surface area contributed by atoms with Crippen LogP contribution in [0, 0.1) is 0 Å². The molecule has 0 saturated heterocycles. The minimum atomic E-state index is 0.405. The number of nitrogens with zero attached hydrogens (tertiary/aromatic N) is 2. The van der Waals surface area contributed by atoms with Crippen molar-refractivity contribution in [3.05, 3.63) is 55.5 Å². The third-order valence-corrected chi connectivity index (χ3v) is 4.38.